The monoisotopic (exact) mass is 349 g/mol. The number of thiophene rings is 1. The van der Waals surface area contributed by atoms with Crippen LogP contribution in [-0.4, -0.2) is 8.42 Å². The van der Waals surface area contributed by atoms with Crippen molar-refractivity contribution in [3.8, 4) is 0 Å². The van der Waals surface area contributed by atoms with E-state index in [1.807, 2.05) is 6.92 Å². The molecule has 0 radical (unpaired) electrons. The minimum absolute atomic E-state index is 0.298. The third-order valence-corrected chi connectivity index (χ3v) is 6.34. The first-order valence-corrected chi connectivity index (χ1v) is 8.89. The molecule has 0 spiro atoms. The van der Waals surface area contributed by atoms with Gasteiger partial charge in [-0.15, -0.1) is 11.3 Å². The molecule has 1 N–H and O–H groups in total. The van der Waals surface area contributed by atoms with Gasteiger partial charge >= 0.3 is 0 Å². The van der Waals surface area contributed by atoms with E-state index in [-0.39, 0.29) is 0 Å². The summed E-state index contributed by atoms with van der Waals surface area (Å²) in [5.41, 5.74) is 0.688. The molecule has 20 heavy (non-hydrogen) atoms. The van der Waals surface area contributed by atoms with Gasteiger partial charge in [0.1, 0.15) is 4.21 Å². The summed E-state index contributed by atoms with van der Waals surface area (Å²) in [6, 6.07) is 7.93. The Bertz CT molecular complexity index is 726. The topological polar surface area (TPSA) is 46.2 Å². The van der Waals surface area contributed by atoms with Gasteiger partial charge in [0.15, 0.2) is 0 Å². The Morgan fingerprint density at radius 3 is 2.45 bits per heavy atom. The lowest BCUT2D eigenvalue weighted by molar-refractivity contribution is 0.569. The Hall–Kier alpha value is -0.590. The van der Waals surface area contributed by atoms with E-state index in [1.165, 1.54) is 11.3 Å². The van der Waals surface area contributed by atoms with Crippen LogP contribution in [0.15, 0.2) is 34.5 Å². The van der Waals surface area contributed by atoms with Gasteiger partial charge in [0, 0.05) is 21.0 Å². The van der Waals surface area contributed by atoms with E-state index >= 15 is 0 Å². The maximum atomic E-state index is 12.2. The van der Waals surface area contributed by atoms with Crippen LogP contribution in [0.2, 0.25) is 10.0 Å². The van der Waals surface area contributed by atoms with Crippen molar-refractivity contribution in [1.82, 2.24) is 4.72 Å². The molecule has 0 saturated heterocycles. The lowest BCUT2D eigenvalue weighted by atomic mass is 10.1. The highest BCUT2D eigenvalue weighted by Gasteiger charge is 2.21. The molecule has 0 bridgehead atoms. The van der Waals surface area contributed by atoms with Crippen molar-refractivity contribution in [2.45, 2.75) is 24.1 Å². The molecule has 0 fully saturated rings. The lowest BCUT2D eigenvalue weighted by Gasteiger charge is -2.15. The fourth-order valence-electron chi connectivity index (χ4n) is 1.76. The molecule has 1 atom stereocenters. The van der Waals surface area contributed by atoms with Crippen LogP contribution < -0.4 is 4.72 Å². The first kappa shape index (κ1) is 15.8. The predicted octanol–water partition coefficient (Wildman–Crippen LogP) is 4.40. The average molecular weight is 350 g/mol. The molecule has 0 aliphatic carbocycles. The maximum Gasteiger partial charge on any atom is 0.250 e. The summed E-state index contributed by atoms with van der Waals surface area (Å²) in [4.78, 5) is 0.947. The molecule has 108 valence electrons. The van der Waals surface area contributed by atoms with Gasteiger partial charge in [0.2, 0.25) is 0 Å². The summed E-state index contributed by atoms with van der Waals surface area (Å²) >= 11 is 13.2. The van der Waals surface area contributed by atoms with Crippen LogP contribution in [0.3, 0.4) is 0 Å². The molecular formula is C13H13Cl2NO2S2. The average Bonchev–Trinajstić information content (AvgIpc) is 2.75. The molecule has 0 amide bonds. The van der Waals surface area contributed by atoms with E-state index in [9.17, 15) is 8.42 Å². The van der Waals surface area contributed by atoms with Crippen LogP contribution in [0.1, 0.15) is 23.4 Å². The van der Waals surface area contributed by atoms with Gasteiger partial charge in [-0.2, -0.15) is 0 Å². The van der Waals surface area contributed by atoms with Gasteiger partial charge in [0.05, 0.1) is 0 Å². The number of sulfonamides is 1. The third kappa shape index (κ3) is 3.54. The highest BCUT2D eigenvalue weighted by atomic mass is 35.5. The standard InChI is InChI=1S/C13H13Cl2NO2S2/c1-8-3-6-13(19-8)20(17,18)16-9(2)11-5-4-10(14)7-12(11)15/h3-7,9,16H,1-2H3. The van der Waals surface area contributed by atoms with Gasteiger partial charge in [-0.3, -0.25) is 0 Å². The summed E-state index contributed by atoms with van der Waals surface area (Å²) in [7, 11) is -3.54. The summed E-state index contributed by atoms with van der Waals surface area (Å²) in [6.45, 7) is 3.61. The van der Waals surface area contributed by atoms with E-state index < -0.39 is 16.1 Å². The molecule has 7 heteroatoms. The number of halogens is 2. The quantitative estimate of drug-likeness (QED) is 0.888. The summed E-state index contributed by atoms with van der Waals surface area (Å²) in [5.74, 6) is 0. The molecule has 3 nitrogen and oxygen atoms in total. The van der Waals surface area contributed by atoms with Crippen molar-refractivity contribution in [2.24, 2.45) is 0 Å². The lowest BCUT2D eigenvalue weighted by Crippen LogP contribution is -2.26. The van der Waals surface area contributed by atoms with Crippen LogP contribution in [0.25, 0.3) is 0 Å². The van der Waals surface area contributed by atoms with Gasteiger partial charge in [-0.25, -0.2) is 13.1 Å². The number of nitrogens with one attached hydrogen (secondary N) is 1. The Balaban J connectivity index is 2.25. The molecular weight excluding hydrogens is 337 g/mol. The zero-order chi connectivity index (χ0) is 14.9. The number of rotatable bonds is 4. The van der Waals surface area contributed by atoms with Crippen LogP contribution in [-0.2, 0) is 10.0 Å². The van der Waals surface area contributed by atoms with Gasteiger partial charge in [-0.1, -0.05) is 29.3 Å². The molecule has 0 saturated carbocycles. The maximum absolute atomic E-state index is 12.2. The van der Waals surface area contributed by atoms with Crippen LogP contribution in [0.5, 0.6) is 0 Å². The molecule has 1 unspecified atom stereocenters. The highest BCUT2D eigenvalue weighted by molar-refractivity contribution is 7.91. The predicted molar refractivity (Wildman–Crippen MR) is 84.3 cm³/mol. The van der Waals surface area contributed by atoms with Crippen molar-refractivity contribution in [1.29, 1.82) is 0 Å². The molecule has 1 heterocycles. The van der Waals surface area contributed by atoms with E-state index in [4.69, 9.17) is 23.2 Å². The van der Waals surface area contributed by atoms with E-state index in [2.05, 4.69) is 4.72 Å². The van der Waals surface area contributed by atoms with E-state index in [1.54, 1.807) is 37.3 Å². The zero-order valence-corrected chi connectivity index (χ0v) is 14.0. The van der Waals surface area contributed by atoms with Crippen molar-refractivity contribution in [2.75, 3.05) is 0 Å². The summed E-state index contributed by atoms with van der Waals surface area (Å²) < 4.78 is 27.4. The number of hydrogen-bond acceptors (Lipinski definition) is 3. The van der Waals surface area contributed by atoms with E-state index in [0.717, 1.165) is 4.88 Å². The highest BCUT2D eigenvalue weighted by Crippen LogP contribution is 2.28. The summed E-state index contributed by atoms with van der Waals surface area (Å²) in [5, 5.41) is 0.956. The first-order chi connectivity index (χ1) is 9.29. The van der Waals surface area contributed by atoms with Crippen molar-refractivity contribution in [3.05, 3.63) is 50.8 Å². The minimum Gasteiger partial charge on any atom is -0.206 e. The fourth-order valence-corrected chi connectivity index (χ4v) is 4.86. The van der Waals surface area contributed by atoms with Crippen molar-refractivity contribution >= 4 is 44.6 Å². The van der Waals surface area contributed by atoms with Crippen molar-refractivity contribution < 1.29 is 8.42 Å². The summed E-state index contributed by atoms with van der Waals surface area (Å²) in [6.07, 6.45) is 0. The third-order valence-electron chi connectivity index (χ3n) is 2.74. The number of aryl methyl sites for hydroxylation is 1. The van der Waals surface area contributed by atoms with E-state index in [0.29, 0.717) is 19.8 Å². The van der Waals surface area contributed by atoms with Crippen molar-refractivity contribution in [3.63, 3.8) is 0 Å². The molecule has 0 aliphatic heterocycles. The largest absolute Gasteiger partial charge is 0.250 e. The molecule has 0 aliphatic rings. The van der Waals surface area contributed by atoms with Gasteiger partial charge < -0.3 is 0 Å². The Morgan fingerprint density at radius 2 is 1.90 bits per heavy atom. The number of benzene rings is 1. The van der Waals surface area contributed by atoms with Crippen LogP contribution in [0.4, 0.5) is 0 Å². The smallest absolute Gasteiger partial charge is 0.206 e. The second kappa shape index (κ2) is 6.03. The van der Waals surface area contributed by atoms with Gasteiger partial charge in [-0.05, 0) is 43.7 Å². The Morgan fingerprint density at radius 1 is 1.20 bits per heavy atom. The Kier molecular flexibility index (Phi) is 4.76. The minimum atomic E-state index is -3.54. The fraction of sp³-hybridized carbons (Fsp3) is 0.231. The second-order valence-corrected chi connectivity index (χ2v) is 8.45. The SMILES string of the molecule is Cc1ccc(S(=O)(=O)NC(C)c2ccc(Cl)cc2Cl)s1. The Labute approximate surface area is 132 Å². The molecule has 2 rings (SSSR count). The van der Waals surface area contributed by atoms with Gasteiger partial charge in [0.25, 0.3) is 10.0 Å². The zero-order valence-electron chi connectivity index (χ0n) is 10.9. The molecule has 1 aromatic heterocycles. The second-order valence-electron chi connectivity index (χ2n) is 4.37. The normalized spacial score (nSPS) is 13.4. The van der Waals surface area contributed by atoms with Crippen LogP contribution >= 0.6 is 34.5 Å². The first-order valence-electron chi connectivity index (χ1n) is 5.83. The van der Waals surface area contributed by atoms with Crippen LogP contribution in [0, 0.1) is 6.92 Å². The number of hydrogen-bond donors (Lipinski definition) is 1. The molecule has 2 aromatic rings. The molecule has 1 aromatic carbocycles.